The monoisotopic (exact) mass is 386 g/mol. The first-order chi connectivity index (χ1) is 12.9. The first-order valence-corrected chi connectivity index (χ1v) is 8.82. The summed E-state index contributed by atoms with van der Waals surface area (Å²) >= 11 is 0. The lowest BCUT2D eigenvalue weighted by Gasteiger charge is -2.13. The van der Waals surface area contributed by atoms with Crippen molar-refractivity contribution < 1.29 is 22.7 Å². The van der Waals surface area contributed by atoms with Gasteiger partial charge in [-0.3, -0.25) is 9.79 Å². The predicted molar refractivity (Wildman–Crippen MR) is 96.1 cm³/mol. The highest BCUT2D eigenvalue weighted by Gasteiger charge is 2.29. The second-order valence-corrected chi connectivity index (χ2v) is 6.34. The molecule has 27 heavy (non-hydrogen) atoms. The predicted octanol–water partition coefficient (Wildman–Crippen LogP) is 1.96. The Kier molecular flexibility index (Phi) is 7.90. The number of benzene rings is 1. The van der Waals surface area contributed by atoms with Crippen molar-refractivity contribution in [3.05, 3.63) is 35.4 Å². The summed E-state index contributed by atoms with van der Waals surface area (Å²) in [4.78, 5) is 15.6. The number of aliphatic imine (C=N–C) groups is 1. The zero-order chi connectivity index (χ0) is 19.7. The van der Waals surface area contributed by atoms with Crippen molar-refractivity contribution in [3.8, 4) is 0 Å². The number of rotatable bonds is 9. The molecule has 1 amide bonds. The molecule has 0 bridgehead atoms. The van der Waals surface area contributed by atoms with Crippen LogP contribution in [0.25, 0.3) is 0 Å². The van der Waals surface area contributed by atoms with Crippen LogP contribution in [-0.4, -0.2) is 44.8 Å². The molecule has 1 aliphatic carbocycles. The molecule has 1 aromatic rings. The van der Waals surface area contributed by atoms with Crippen LogP contribution in [0.4, 0.5) is 13.2 Å². The zero-order valence-electron chi connectivity index (χ0n) is 15.2. The number of carbonyl (C=O) groups is 1. The Morgan fingerprint density at radius 3 is 2.33 bits per heavy atom. The summed E-state index contributed by atoms with van der Waals surface area (Å²) in [5.41, 5.74) is 1.64. The van der Waals surface area contributed by atoms with Gasteiger partial charge in [-0.15, -0.1) is 0 Å². The van der Waals surface area contributed by atoms with Gasteiger partial charge >= 0.3 is 6.18 Å². The molecule has 0 heterocycles. The van der Waals surface area contributed by atoms with E-state index in [0.29, 0.717) is 31.2 Å². The summed E-state index contributed by atoms with van der Waals surface area (Å²) in [5.74, 6) is 0.913. The molecule has 0 atom stereocenters. The topological polar surface area (TPSA) is 74.8 Å². The van der Waals surface area contributed by atoms with Crippen molar-refractivity contribution in [1.82, 2.24) is 16.0 Å². The summed E-state index contributed by atoms with van der Waals surface area (Å²) in [5, 5.41) is 9.11. The normalized spacial score (nSPS) is 14.7. The average Bonchev–Trinajstić information content (AvgIpc) is 3.46. The standard InChI is InChI=1S/C18H25F3N4O2/c1-22-17(24-9-8-23-16(26)15-6-7-15)25-10-13-2-4-14(5-3-13)11-27-12-18(19,20)21/h2-5,15H,6-12H2,1H3,(H,23,26)(H2,22,24,25). The minimum absolute atomic E-state index is 0.0803. The van der Waals surface area contributed by atoms with Crippen molar-refractivity contribution >= 4 is 11.9 Å². The highest BCUT2D eigenvalue weighted by molar-refractivity contribution is 5.81. The van der Waals surface area contributed by atoms with Gasteiger partial charge in [-0.05, 0) is 24.0 Å². The number of ether oxygens (including phenoxy) is 1. The van der Waals surface area contributed by atoms with Gasteiger partial charge in [-0.25, -0.2) is 0 Å². The van der Waals surface area contributed by atoms with Crippen LogP contribution in [0.5, 0.6) is 0 Å². The number of guanidine groups is 1. The van der Waals surface area contributed by atoms with Crippen LogP contribution in [0.1, 0.15) is 24.0 Å². The minimum Gasteiger partial charge on any atom is -0.367 e. The Balaban J connectivity index is 1.64. The quantitative estimate of drug-likeness (QED) is 0.345. The van der Waals surface area contributed by atoms with Crippen LogP contribution in [0.2, 0.25) is 0 Å². The van der Waals surface area contributed by atoms with Crippen molar-refractivity contribution in [2.24, 2.45) is 10.9 Å². The second kappa shape index (κ2) is 10.1. The number of halogens is 3. The van der Waals surface area contributed by atoms with Crippen LogP contribution >= 0.6 is 0 Å². The Labute approximate surface area is 156 Å². The molecular formula is C18H25F3N4O2. The molecule has 2 rings (SSSR count). The van der Waals surface area contributed by atoms with Gasteiger partial charge < -0.3 is 20.7 Å². The summed E-state index contributed by atoms with van der Waals surface area (Å²) in [7, 11) is 1.65. The zero-order valence-corrected chi connectivity index (χ0v) is 15.2. The number of hydrogen-bond acceptors (Lipinski definition) is 3. The van der Waals surface area contributed by atoms with Crippen molar-refractivity contribution in [2.75, 3.05) is 26.7 Å². The van der Waals surface area contributed by atoms with Crippen molar-refractivity contribution in [3.63, 3.8) is 0 Å². The third-order valence-electron chi connectivity index (χ3n) is 3.91. The number of hydrogen-bond donors (Lipinski definition) is 3. The summed E-state index contributed by atoms with van der Waals surface area (Å²) in [6, 6.07) is 7.11. The fourth-order valence-corrected chi connectivity index (χ4v) is 2.30. The molecule has 0 spiro atoms. The molecule has 0 unspecified atom stereocenters. The van der Waals surface area contributed by atoms with Gasteiger partial charge in [0.25, 0.3) is 0 Å². The van der Waals surface area contributed by atoms with Gasteiger partial charge in [0.05, 0.1) is 6.61 Å². The van der Waals surface area contributed by atoms with Gasteiger partial charge in [0.2, 0.25) is 5.91 Å². The summed E-state index contributed by atoms with van der Waals surface area (Å²) in [6.07, 6.45) is -2.35. The summed E-state index contributed by atoms with van der Waals surface area (Å²) in [6.45, 7) is 0.274. The van der Waals surface area contributed by atoms with Gasteiger partial charge in [-0.1, -0.05) is 24.3 Å². The van der Waals surface area contributed by atoms with Gasteiger partial charge in [0.15, 0.2) is 5.96 Å². The molecule has 0 saturated heterocycles. The van der Waals surface area contributed by atoms with Crippen LogP contribution in [-0.2, 0) is 22.7 Å². The molecule has 6 nitrogen and oxygen atoms in total. The van der Waals surface area contributed by atoms with E-state index in [1.807, 2.05) is 12.1 Å². The highest BCUT2D eigenvalue weighted by atomic mass is 19.4. The highest BCUT2D eigenvalue weighted by Crippen LogP contribution is 2.28. The van der Waals surface area contributed by atoms with E-state index in [1.165, 1.54) is 0 Å². The molecule has 0 radical (unpaired) electrons. The van der Waals surface area contributed by atoms with Crippen LogP contribution < -0.4 is 16.0 Å². The molecule has 9 heteroatoms. The molecule has 0 aliphatic heterocycles. The first kappa shape index (κ1) is 21.0. The maximum Gasteiger partial charge on any atom is 0.411 e. The molecule has 1 aliphatic rings. The second-order valence-electron chi connectivity index (χ2n) is 6.34. The van der Waals surface area contributed by atoms with E-state index < -0.39 is 12.8 Å². The van der Waals surface area contributed by atoms with E-state index in [0.717, 1.165) is 18.4 Å². The maximum atomic E-state index is 12.0. The summed E-state index contributed by atoms with van der Waals surface area (Å²) < 4.78 is 40.8. The fourth-order valence-electron chi connectivity index (χ4n) is 2.30. The van der Waals surface area contributed by atoms with Gasteiger partial charge in [-0.2, -0.15) is 13.2 Å². The fraction of sp³-hybridized carbons (Fsp3) is 0.556. The van der Waals surface area contributed by atoms with Crippen LogP contribution in [0.15, 0.2) is 29.3 Å². The Bertz CT molecular complexity index is 628. The van der Waals surface area contributed by atoms with E-state index in [4.69, 9.17) is 0 Å². The lowest BCUT2D eigenvalue weighted by Crippen LogP contribution is -2.41. The van der Waals surface area contributed by atoms with E-state index in [2.05, 4.69) is 25.7 Å². The van der Waals surface area contributed by atoms with E-state index >= 15 is 0 Å². The number of alkyl halides is 3. The Morgan fingerprint density at radius 2 is 1.74 bits per heavy atom. The molecular weight excluding hydrogens is 361 g/mol. The average molecular weight is 386 g/mol. The lowest BCUT2D eigenvalue weighted by atomic mass is 10.1. The van der Waals surface area contributed by atoms with Crippen LogP contribution in [0, 0.1) is 5.92 Å². The number of carbonyl (C=O) groups excluding carboxylic acids is 1. The largest absolute Gasteiger partial charge is 0.411 e. The molecule has 1 aromatic carbocycles. The Hall–Kier alpha value is -2.29. The van der Waals surface area contributed by atoms with Crippen molar-refractivity contribution in [1.29, 1.82) is 0 Å². The lowest BCUT2D eigenvalue weighted by molar-refractivity contribution is -0.176. The SMILES string of the molecule is CN=C(NCCNC(=O)C1CC1)NCc1ccc(COCC(F)(F)F)cc1. The third-order valence-corrected chi connectivity index (χ3v) is 3.91. The van der Waals surface area contributed by atoms with E-state index in [-0.39, 0.29) is 18.4 Å². The number of amides is 1. The molecule has 0 aromatic heterocycles. The smallest absolute Gasteiger partial charge is 0.367 e. The third kappa shape index (κ3) is 8.76. The maximum absolute atomic E-state index is 12.0. The van der Waals surface area contributed by atoms with E-state index in [1.54, 1.807) is 19.2 Å². The van der Waals surface area contributed by atoms with Crippen LogP contribution in [0.3, 0.4) is 0 Å². The van der Waals surface area contributed by atoms with Gasteiger partial charge in [0, 0.05) is 32.6 Å². The van der Waals surface area contributed by atoms with E-state index in [9.17, 15) is 18.0 Å². The molecule has 1 fully saturated rings. The first-order valence-electron chi connectivity index (χ1n) is 8.82. The number of nitrogens with zero attached hydrogens (tertiary/aromatic N) is 1. The molecule has 150 valence electrons. The minimum atomic E-state index is -4.31. The molecule has 1 saturated carbocycles. The Morgan fingerprint density at radius 1 is 1.11 bits per heavy atom. The van der Waals surface area contributed by atoms with Crippen molar-refractivity contribution in [2.45, 2.75) is 32.2 Å². The number of nitrogens with one attached hydrogen (secondary N) is 3. The van der Waals surface area contributed by atoms with Gasteiger partial charge in [0.1, 0.15) is 6.61 Å². The molecule has 3 N–H and O–H groups in total.